The van der Waals surface area contributed by atoms with Gasteiger partial charge in [0.15, 0.2) is 0 Å². The number of nitrogens with one attached hydrogen (secondary N) is 1. The summed E-state index contributed by atoms with van der Waals surface area (Å²) in [5.41, 5.74) is 0.497. The van der Waals surface area contributed by atoms with E-state index in [1.165, 1.54) is 4.90 Å². The summed E-state index contributed by atoms with van der Waals surface area (Å²) < 4.78 is 10.7. The number of carbonyl (C=O) groups excluding carboxylic acids is 1. The third-order valence-electron chi connectivity index (χ3n) is 3.14. The summed E-state index contributed by atoms with van der Waals surface area (Å²) in [4.78, 5) is 13.3. The molecule has 1 heterocycles. The molecule has 0 radical (unpaired) electrons. The molecule has 0 aromatic heterocycles. The monoisotopic (exact) mass is 284 g/mol. The first-order valence-electron chi connectivity index (χ1n) is 6.53. The minimum Gasteiger partial charge on any atom is -0.453 e. The minimum absolute atomic E-state index is 0.111. The van der Waals surface area contributed by atoms with Crippen molar-refractivity contribution < 1.29 is 19.2 Å². The number of halogens is 1. The molecule has 1 aliphatic rings. The molecule has 4 nitrogen and oxygen atoms in total. The Balaban J connectivity index is 1.84. The SMILES string of the molecule is C[C@H](C[NH+]1CCOCC1)OC(=O)c1cccc(Cl)c1. The van der Waals surface area contributed by atoms with E-state index in [9.17, 15) is 4.79 Å². The smallest absolute Gasteiger partial charge is 0.338 e. The van der Waals surface area contributed by atoms with E-state index in [0.717, 1.165) is 32.8 Å². The zero-order valence-electron chi connectivity index (χ0n) is 11.0. The van der Waals surface area contributed by atoms with Gasteiger partial charge in [-0.25, -0.2) is 4.79 Å². The van der Waals surface area contributed by atoms with Crippen molar-refractivity contribution in [1.29, 1.82) is 0 Å². The van der Waals surface area contributed by atoms with Gasteiger partial charge in [0.2, 0.25) is 0 Å². The van der Waals surface area contributed by atoms with Crippen LogP contribution in [0.3, 0.4) is 0 Å². The molecule has 0 spiro atoms. The molecule has 1 aromatic carbocycles. The van der Waals surface area contributed by atoms with E-state index in [1.807, 2.05) is 6.92 Å². The van der Waals surface area contributed by atoms with Gasteiger partial charge in [0.1, 0.15) is 25.7 Å². The first-order chi connectivity index (χ1) is 9.15. The topological polar surface area (TPSA) is 40.0 Å². The quantitative estimate of drug-likeness (QED) is 0.832. The van der Waals surface area contributed by atoms with E-state index in [2.05, 4.69) is 0 Å². The zero-order valence-corrected chi connectivity index (χ0v) is 11.8. The molecule has 1 N–H and O–H groups in total. The van der Waals surface area contributed by atoms with Crippen LogP contribution in [0.25, 0.3) is 0 Å². The molecule has 1 aromatic rings. The average molecular weight is 285 g/mol. The van der Waals surface area contributed by atoms with Crippen molar-refractivity contribution in [1.82, 2.24) is 0 Å². The predicted molar refractivity (Wildman–Crippen MR) is 72.7 cm³/mol. The Kier molecular flexibility index (Phi) is 5.19. The predicted octanol–water partition coefficient (Wildman–Crippen LogP) is 0.800. The van der Waals surface area contributed by atoms with Gasteiger partial charge in [0.05, 0.1) is 18.8 Å². The highest BCUT2D eigenvalue weighted by Crippen LogP contribution is 2.12. The van der Waals surface area contributed by atoms with Gasteiger partial charge in [0, 0.05) is 5.02 Å². The second kappa shape index (κ2) is 6.89. The van der Waals surface area contributed by atoms with E-state index < -0.39 is 0 Å². The highest BCUT2D eigenvalue weighted by molar-refractivity contribution is 6.30. The maximum absolute atomic E-state index is 11.9. The lowest BCUT2D eigenvalue weighted by molar-refractivity contribution is -0.910. The Labute approximate surface area is 118 Å². The molecule has 0 saturated carbocycles. The first-order valence-corrected chi connectivity index (χ1v) is 6.91. The van der Waals surface area contributed by atoms with E-state index in [4.69, 9.17) is 21.1 Å². The minimum atomic E-state index is -0.317. The van der Waals surface area contributed by atoms with Gasteiger partial charge >= 0.3 is 5.97 Å². The van der Waals surface area contributed by atoms with Crippen LogP contribution in [0.5, 0.6) is 0 Å². The molecule has 19 heavy (non-hydrogen) atoms. The number of quaternary nitrogens is 1. The summed E-state index contributed by atoms with van der Waals surface area (Å²) in [6.45, 7) is 6.24. The second-order valence-electron chi connectivity index (χ2n) is 4.79. The van der Waals surface area contributed by atoms with Crippen LogP contribution in [0.2, 0.25) is 5.02 Å². The maximum atomic E-state index is 11.9. The molecule has 0 amide bonds. The molecule has 1 atom stereocenters. The van der Waals surface area contributed by atoms with Crippen molar-refractivity contribution in [2.75, 3.05) is 32.8 Å². The highest BCUT2D eigenvalue weighted by Gasteiger charge is 2.20. The summed E-state index contributed by atoms with van der Waals surface area (Å²) >= 11 is 5.86. The lowest BCUT2D eigenvalue weighted by Crippen LogP contribution is -3.15. The number of carbonyl (C=O) groups is 1. The lowest BCUT2D eigenvalue weighted by atomic mass is 10.2. The summed E-state index contributed by atoms with van der Waals surface area (Å²) in [6, 6.07) is 6.82. The second-order valence-corrected chi connectivity index (χ2v) is 5.23. The van der Waals surface area contributed by atoms with Crippen LogP contribution in [-0.2, 0) is 9.47 Å². The van der Waals surface area contributed by atoms with E-state index >= 15 is 0 Å². The zero-order chi connectivity index (χ0) is 13.7. The first kappa shape index (κ1) is 14.3. The fraction of sp³-hybridized carbons (Fsp3) is 0.500. The highest BCUT2D eigenvalue weighted by atomic mass is 35.5. The number of morpholine rings is 1. The van der Waals surface area contributed by atoms with Gasteiger partial charge in [-0.1, -0.05) is 17.7 Å². The van der Waals surface area contributed by atoms with Gasteiger partial charge in [-0.15, -0.1) is 0 Å². The summed E-state index contributed by atoms with van der Waals surface area (Å²) in [6.07, 6.45) is -0.111. The normalized spacial score (nSPS) is 18.0. The van der Waals surface area contributed by atoms with Crippen molar-refractivity contribution in [3.63, 3.8) is 0 Å². The Morgan fingerprint density at radius 3 is 2.89 bits per heavy atom. The van der Waals surface area contributed by atoms with Crippen molar-refractivity contribution in [2.24, 2.45) is 0 Å². The molecule has 5 heteroatoms. The third-order valence-corrected chi connectivity index (χ3v) is 3.38. The van der Waals surface area contributed by atoms with Crippen molar-refractivity contribution in [3.05, 3.63) is 34.9 Å². The van der Waals surface area contributed by atoms with Crippen molar-refractivity contribution in [2.45, 2.75) is 13.0 Å². The van der Waals surface area contributed by atoms with E-state index in [0.29, 0.717) is 10.6 Å². The Hall–Kier alpha value is -1.10. The van der Waals surface area contributed by atoms with E-state index in [-0.39, 0.29) is 12.1 Å². The van der Waals surface area contributed by atoms with Gasteiger partial charge in [-0.2, -0.15) is 0 Å². The lowest BCUT2D eigenvalue weighted by Gasteiger charge is -2.26. The van der Waals surface area contributed by atoms with Crippen LogP contribution >= 0.6 is 11.6 Å². The average Bonchev–Trinajstić information content (AvgIpc) is 2.39. The van der Waals surface area contributed by atoms with Gasteiger partial charge in [-0.05, 0) is 25.1 Å². The molecule has 2 rings (SSSR count). The number of rotatable bonds is 4. The van der Waals surface area contributed by atoms with Crippen LogP contribution in [-0.4, -0.2) is 44.9 Å². The summed E-state index contributed by atoms with van der Waals surface area (Å²) in [5, 5.41) is 0.543. The molecule has 104 valence electrons. The molecule has 0 bridgehead atoms. The molecule has 0 aliphatic carbocycles. The molecule has 0 unspecified atom stereocenters. The van der Waals surface area contributed by atoms with Gasteiger partial charge in [-0.3, -0.25) is 0 Å². The molecule has 1 saturated heterocycles. The van der Waals surface area contributed by atoms with Crippen molar-refractivity contribution in [3.8, 4) is 0 Å². The number of hydrogen-bond donors (Lipinski definition) is 1. The standard InChI is InChI=1S/C14H18ClNO3/c1-11(10-16-5-7-18-8-6-16)19-14(17)12-3-2-4-13(15)9-12/h2-4,9,11H,5-8,10H2,1H3/p+1/t11-/m1/s1. The van der Waals surface area contributed by atoms with Crippen LogP contribution in [0, 0.1) is 0 Å². The van der Waals surface area contributed by atoms with Crippen LogP contribution in [0.1, 0.15) is 17.3 Å². The third kappa shape index (κ3) is 4.49. The van der Waals surface area contributed by atoms with Crippen molar-refractivity contribution >= 4 is 17.6 Å². The van der Waals surface area contributed by atoms with Gasteiger partial charge in [0.25, 0.3) is 0 Å². The number of hydrogen-bond acceptors (Lipinski definition) is 3. The molecular weight excluding hydrogens is 266 g/mol. The Bertz CT molecular complexity index is 432. The fourth-order valence-electron chi connectivity index (χ4n) is 2.18. The Morgan fingerprint density at radius 2 is 2.21 bits per heavy atom. The maximum Gasteiger partial charge on any atom is 0.338 e. The number of ether oxygens (including phenoxy) is 2. The summed E-state index contributed by atoms with van der Waals surface area (Å²) in [7, 11) is 0. The largest absolute Gasteiger partial charge is 0.453 e. The van der Waals surface area contributed by atoms with Crippen LogP contribution in [0.4, 0.5) is 0 Å². The van der Waals surface area contributed by atoms with E-state index in [1.54, 1.807) is 24.3 Å². The molecule has 1 aliphatic heterocycles. The molecule has 1 fully saturated rings. The summed E-state index contributed by atoms with van der Waals surface area (Å²) in [5.74, 6) is -0.317. The number of benzene rings is 1. The van der Waals surface area contributed by atoms with Crippen LogP contribution in [0.15, 0.2) is 24.3 Å². The fourth-order valence-corrected chi connectivity index (χ4v) is 2.37. The van der Waals surface area contributed by atoms with Crippen LogP contribution < -0.4 is 4.90 Å². The van der Waals surface area contributed by atoms with Gasteiger partial charge < -0.3 is 14.4 Å². The molecular formula is C14H19ClNO3+. The number of esters is 1. The Morgan fingerprint density at radius 1 is 1.47 bits per heavy atom.